The molecule has 1 atom stereocenters. The van der Waals surface area contributed by atoms with Gasteiger partial charge in [0.15, 0.2) is 0 Å². The van der Waals surface area contributed by atoms with Crippen molar-refractivity contribution < 1.29 is 9.90 Å². The summed E-state index contributed by atoms with van der Waals surface area (Å²) in [5, 5.41) is 8.93. The third-order valence-corrected chi connectivity index (χ3v) is 4.16. The van der Waals surface area contributed by atoms with Gasteiger partial charge in [-0.25, -0.2) is 0 Å². The van der Waals surface area contributed by atoms with E-state index in [4.69, 9.17) is 5.11 Å². The lowest BCUT2D eigenvalue weighted by Crippen LogP contribution is -2.37. The highest BCUT2D eigenvalue weighted by Crippen LogP contribution is 2.30. The average Bonchev–Trinajstić information content (AvgIpc) is 2.93. The number of benzene rings is 1. The summed E-state index contributed by atoms with van der Waals surface area (Å²) in [5.41, 5.74) is 1.28. The highest BCUT2D eigenvalue weighted by atomic mass is 16.4. The maximum absolute atomic E-state index is 10.9. The number of carboxylic acid groups (broad SMARTS) is 1. The van der Waals surface area contributed by atoms with Crippen molar-refractivity contribution in [3.05, 3.63) is 35.9 Å². The van der Waals surface area contributed by atoms with Crippen LogP contribution in [0.1, 0.15) is 50.6 Å². The van der Waals surface area contributed by atoms with Gasteiger partial charge in [0, 0.05) is 18.6 Å². The molecule has 0 radical (unpaired) electrons. The van der Waals surface area contributed by atoms with Crippen LogP contribution in [0.15, 0.2) is 30.3 Å². The lowest BCUT2D eigenvalue weighted by Gasteiger charge is -2.34. The second-order valence-corrected chi connectivity index (χ2v) is 5.41. The maximum Gasteiger partial charge on any atom is 0.304 e. The van der Waals surface area contributed by atoms with Crippen molar-refractivity contribution in [1.82, 2.24) is 4.90 Å². The Morgan fingerprint density at radius 2 is 1.95 bits per heavy atom. The topological polar surface area (TPSA) is 40.5 Å². The van der Waals surface area contributed by atoms with Gasteiger partial charge in [-0.2, -0.15) is 0 Å². The van der Waals surface area contributed by atoms with Crippen LogP contribution >= 0.6 is 0 Å². The molecule has 2 rings (SSSR count). The monoisotopic (exact) mass is 261 g/mol. The first-order chi connectivity index (χ1) is 9.18. The van der Waals surface area contributed by atoms with Gasteiger partial charge in [0.05, 0.1) is 6.42 Å². The van der Waals surface area contributed by atoms with E-state index < -0.39 is 5.97 Å². The molecule has 0 bridgehead atoms. The van der Waals surface area contributed by atoms with Crippen LogP contribution in [0.5, 0.6) is 0 Å². The molecule has 1 fully saturated rings. The lowest BCUT2D eigenvalue weighted by molar-refractivity contribution is -0.137. The molecule has 1 N–H and O–H groups in total. The Labute approximate surface area is 115 Å². The van der Waals surface area contributed by atoms with Crippen molar-refractivity contribution in [3.8, 4) is 0 Å². The van der Waals surface area contributed by atoms with E-state index in [0.717, 1.165) is 0 Å². The lowest BCUT2D eigenvalue weighted by atomic mass is 10.0. The predicted molar refractivity (Wildman–Crippen MR) is 76.1 cm³/mol. The van der Waals surface area contributed by atoms with Crippen molar-refractivity contribution in [1.29, 1.82) is 0 Å². The van der Waals surface area contributed by atoms with Crippen LogP contribution in [0, 0.1) is 0 Å². The van der Waals surface area contributed by atoms with Crippen LogP contribution in [0.4, 0.5) is 0 Å². The minimum atomic E-state index is -0.705. The molecule has 0 aliphatic heterocycles. The summed E-state index contributed by atoms with van der Waals surface area (Å²) in [5.74, 6) is -0.705. The van der Waals surface area contributed by atoms with E-state index in [-0.39, 0.29) is 6.42 Å². The number of nitrogens with zero attached hydrogens (tertiary/aromatic N) is 1. The highest BCUT2D eigenvalue weighted by molar-refractivity contribution is 5.66. The molecular weight excluding hydrogens is 238 g/mol. The number of hydrogen-bond acceptors (Lipinski definition) is 2. The summed E-state index contributed by atoms with van der Waals surface area (Å²) < 4.78 is 0. The molecule has 0 spiro atoms. The minimum Gasteiger partial charge on any atom is -0.481 e. The van der Waals surface area contributed by atoms with E-state index >= 15 is 0 Å². The third kappa shape index (κ3) is 3.80. The SMILES string of the molecule is CC(c1ccccc1)N(CCC(=O)O)C1CCCC1. The number of carbonyl (C=O) groups is 1. The summed E-state index contributed by atoms with van der Waals surface area (Å²) in [7, 11) is 0. The Morgan fingerprint density at radius 1 is 1.32 bits per heavy atom. The Kier molecular flexibility index (Phi) is 4.97. The van der Waals surface area contributed by atoms with Crippen molar-refractivity contribution in [3.63, 3.8) is 0 Å². The second kappa shape index (κ2) is 6.71. The van der Waals surface area contributed by atoms with Crippen LogP contribution in [0.3, 0.4) is 0 Å². The van der Waals surface area contributed by atoms with E-state index in [1.165, 1.54) is 31.2 Å². The predicted octanol–water partition coefficient (Wildman–Crippen LogP) is 3.47. The molecule has 0 saturated heterocycles. The average molecular weight is 261 g/mol. The van der Waals surface area contributed by atoms with E-state index in [1.54, 1.807) is 0 Å². The molecule has 1 aromatic carbocycles. The molecule has 104 valence electrons. The van der Waals surface area contributed by atoms with E-state index in [0.29, 0.717) is 18.6 Å². The molecule has 0 aromatic heterocycles. The van der Waals surface area contributed by atoms with Crippen LogP contribution in [-0.2, 0) is 4.79 Å². The first-order valence-corrected chi connectivity index (χ1v) is 7.21. The van der Waals surface area contributed by atoms with Gasteiger partial charge in [0.2, 0.25) is 0 Å². The van der Waals surface area contributed by atoms with E-state index in [2.05, 4.69) is 36.1 Å². The minimum absolute atomic E-state index is 0.230. The Balaban J connectivity index is 2.09. The zero-order valence-electron chi connectivity index (χ0n) is 11.6. The Hall–Kier alpha value is -1.35. The van der Waals surface area contributed by atoms with Gasteiger partial charge >= 0.3 is 5.97 Å². The largest absolute Gasteiger partial charge is 0.481 e. The third-order valence-electron chi connectivity index (χ3n) is 4.16. The quantitative estimate of drug-likeness (QED) is 0.852. The van der Waals surface area contributed by atoms with Gasteiger partial charge in [0.25, 0.3) is 0 Å². The molecule has 0 amide bonds. The molecule has 1 aliphatic carbocycles. The molecule has 3 heteroatoms. The summed E-state index contributed by atoms with van der Waals surface area (Å²) in [6.45, 7) is 2.84. The molecule has 0 heterocycles. The smallest absolute Gasteiger partial charge is 0.304 e. The van der Waals surface area contributed by atoms with E-state index in [9.17, 15) is 4.79 Å². The second-order valence-electron chi connectivity index (χ2n) is 5.41. The van der Waals surface area contributed by atoms with Gasteiger partial charge in [-0.15, -0.1) is 0 Å². The van der Waals surface area contributed by atoms with Gasteiger partial charge in [0.1, 0.15) is 0 Å². The summed E-state index contributed by atoms with van der Waals surface area (Å²) >= 11 is 0. The van der Waals surface area contributed by atoms with Crippen LogP contribution in [0.25, 0.3) is 0 Å². The van der Waals surface area contributed by atoms with Gasteiger partial charge in [-0.05, 0) is 25.3 Å². The molecule has 1 saturated carbocycles. The van der Waals surface area contributed by atoms with Crippen molar-refractivity contribution in [2.45, 2.75) is 51.1 Å². The van der Waals surface area contributed by atoms with Crippen molar-refractivity contribution in [2.75, 3.05) is 6.54 Å². The maximum atomic E-state index is 10.9. The summed E-state index contributed by atoms with van der Waals surface area (Å²) in [4.78, 5) is 13.2. The normalized spacial score (nSPS) is 17.8. The Morgan fingerprint density at radius 3 is 2.53 bits per heavy atom. The fraction of sp³-hybridized carbons (Fsp3) is 0.562. The van der Waals surface area contributed by atoms with Crippen LogP contribution < -0.4 is 0 Å². The van der Waals surface area contributed by atoms with Crippen LogP contribution in [-0.4, -0.2) is 28.6 Å². The molecular formula is C16H23NO2. The number of carboxylic acids is 1. The van der Waals surface area contributed by atoms with Gasteiger partial charge in [-0.3, -0.25) is 9.69 Å². The van der Waals surface area contributed by atoms with E-state index in [1.807, 2.05) is 6.07 Å². The Bertz CT molecular complexity index is 398. The molecule has 1 unspecified atom stereocenters. The fourth-order valence-corrected chi connectivity index (χ4v) is 3.08. The standard InChI is InChI=1S/C16H23NO2/c1-13(14-7-3-2-4-8-14)17(12-11-16(18)19)15-9-5-6-10-15/h2-4,7-8,13,15H,5-6,9-12H2,1H3,(H,18,19). The molecule has 3 nitrogen and oxygen atoms in total. The summed E-state index contributed by atoms with van der Waals surface area (Å²) in [6, 6.07) is 11.2. The first kappa shape index (κ1) is 14.1. The zero-order valence-corrected chi connectivity index (χ0v) is 11.6. The van der Waals surface area contributed by atoms with Gasteiger partial charge < -0.3 is 5.11 Å². The molecule has 1 aliphatic rings. The van der Waals surface area contributed by atoms with Crippen LogP contribution in [0.2, 0.25) is 0 Å². The first-order valence-electron chi connectivity index (χ1n) is 7.21. The number of aliphatic carboxylic acids is 1. The summed E-state index contributed by atoms with van der Waals surface area (Å²) in [6.07, 6.45) is 5.19. The number of rotatable bonds is 6. The number of hydrogen-bond donors (Lipinski definition) is 1. The van der Waals surface area contributed by atoms with Gasteiger partial charge in [-0.1, -0.05) is 43.2 Å². The fourth-order valence-electron chi connectivity index (χ4n) is 3.08. The van der Waals surface area contributed by atoms with Crippen molar-refractivity contribution in [2.24, 2.45) is 0 Å². The molecule has 19 heavy (non-hydrogen) atoms. The van der Waals surface area contributed by atoms with Crippen molar-refractivity contribution >= 4 is 5.97 Å². The molecule has 1 aromatic rings. The zero-order chi connectivity index (χ0) is 13.7. The highest BCUT2D eigenvalue weighted by Gasteiger charge is 2.27.